The molecule has 0 unspecified atom stereocenters. The lowest BCUT2D eigenvalue weighted by molar-refractivity contribution is -0.132. The Balaban J connectivity index is 1.64. The summed E-state index contributed by atoms with van der Waals surface area (Å²) in [5, 5.41) is 7.29. The van der Waals surface area contributed by atoms with Gasteiger partial charge in [0.1, 0.15) is 0 Å². The molecule has 1 amide bonds. The monoisotopic (exact) mass is 357 g/mol. The SMILES string of the molecule is CCc1cn[nH]c1[C@H]1CCCN(C(=O)CCn2c(C)cc(C)nc2=O)C1. The van der Waals surface area contributed by atoms with E-state index in [0.29, 0.717) is 31.1 Å². The molecule has 1 saturated heterocycles. The molecule has 1 aliphatic rings. The number of nitrogens with zero attached hydrogens (tertiary/aromatic N) is 4. The summed E-state index contributed by atoms with van der Waals surface area (Å²) in [6.07, 6.45) is 5.21. The van der Waals surface area contributed by atoms with Crippen LogP contribution in [0.1, 0.15) is 54.7 Å². The maximum absolute atomic E-state index is 12.7. The van der Waals surface area contributed by atoms with Gasteiger partial charge in [-0.15, -0.1) is 0 Å². The molecule has 2 aromatic heterocycles. The number of rotatable bonds is 5. The van der Waals surface area contributed by atoms with Crippen molar-refractivity contribution < 1.29 is 4.79 Å². The maximum Gasteiger partial charge on any atom is 0.347 e. The van der Waals surface area contributed by atoms with Crippen LogP contribution in [0.3, 0.4) is 0 Å². The van der Waals surface area contributed by atoms with E-state index in [-0.39, 0.29) is 11.6 Å². The molecule has 0 bridgehead atoms. The molecule has 7 nitrogen and oxygen atoms in total. The summed E-state index contributed by atoms with van der Waals surface area (Å²) >= 11 is 0. The van der Waals surface area contributed by atoms with Crippen molar-refractivity contribution in [3.05, 3.63) is 45.4 Å². The minimum absolute atomic E-state index is 0.0964. The highest BCUT2D eigenvalue weighted by atomic mass is 16.2. The average Bonchev–Trinajstić information content (AvgIpc) is 3.09. The quantitative estimate of drug-likeness (QED) is 0.886. The van der Waals surface area contributed by atoms with Crippen molar-refractivity contribution in [2.75, 3.05) is 13.1 Å². The van der Waals surface area contributed by atoms with E-state index in [4.69, 9.17) is 0 Å². The third kappa shape index (κ3) is 3.86. The fraction of sp³-hybridized carbons (Fsp3) is 0.579. The van der Waals surface area contributed by atoms with Crippen molar-refractivity contribution in [1.29, 1.82) is 0 Å². The first kappa shape index (κ1) is 18.4. The molecule has 1 atom stereocenters. The molecular formula is C19H27N5O2. The molecule has 1 aliphatic heterocycles. The summed E-state index contributed by atoms with van der Waals surface area (Å²) in [5.41, 5.74) is 3.67. The first-order valence-electron chi connectivity index (χ1n) is 9.34. The Morgan fingerprint density at radius 1 is 1.38 bits per heavy atom. The molecule has 3 rings (SSSR count). The van der Waals surface area contributed by atoms with Crippen LogP contribution in [0.4, 0.5) is 0 Å². The standard InChI is InChI=1S/C19H27N5O2/c1-4-15-11-20-22-18(15)16-6-5-8-23(12-16)17(25)7-9-24-14(3)10-13(2)21-19(24)26/h10-11,16H,4-9,12H2,1-3H3,(H,20,22)/t16-/m0/s1. The summed E-state index contributed by atoms with van der Waals surface area (Å²) in [7, 11) is 0. The molecule has 1 fully saturated rings. The number of carbonyl (C=O) groups excluding carboxylic acids is 1. The van der Waals surface area contributed by atoms with Gasteiger partial charge < -0.3 is 4.90 Å². The van der Waals surface area contributed by atoms with Crippen molar-refractivity contribution in [1.82, 2.24) is 24.6 Å². The third-order valence-corrected chi connectivity index (χ3v) is 5.21. The zero-order valence-electron chi connectivity index (χ0n) is 15.8. The van der Waals surface area contributed by atoms with E-state index >= 15 is 0 Å². The molecule has 140 valence electrons. The van der Waals surface area contributed by atoms with Crippen LogP contribution in [0.15, 0.2) is 17.1 Å². The summed E-state index contributed by atoms with van der Waals surface area (Å²) in [5.74, 6) is 0.412. The van der Waals surface area contributed by atoms with Gasteiger partial charge in [0.05, 0.1) is 6.20 Å². The van der Waals surface area contributed by atoms with Crippen molar-refractivity contribution in [3.63, 3.8) is 0 Å². The number of nitrogens with one attached hydrogen (secondary N) is 1. The second-order valence-corrected chi connectivity index (χ2v) is 7.06. The Bertz CT molecular complexity index is 839. The van der Waals surface area contributed by atoms with Crippen molar-refractivity contribution >= 4 is 5.91 Å². The molecule has 2 aromatic rings. The number of aryl methyl sites for hydroxylation is 3. The Hall–Kier alpha value is -2.44. The second kappa shape index (κ2) is 7.85. The van der Waals surface area contributed by atoms with E-state index in [9.17, 15) is 9.59 Å². The lowest BCUT2D eigenvalue weighted by Gasteiger charge is -2.33. The Morgan fingerprint density at radius 3 is 2.92 bits per heavy atom. The summed E-state index contributed by atoms with van der Waals surface area (Å²) in [4.78, 5) is 30.6. The molecule has 26 heavy (non-hydrogen) atoms. The second-order valence-electron chi connectivity index (χ2n) is 7.06. The predicted molar refractivity (Wildman–Crippen MR) is 99.1 cm³/mol. The number of aromatic amines is 1. The van der Waals surface area contributed by atoms with Crippen LogP contribution in [0.25, 0.3) is 0 Å². The minimum atomic E-state index is -0.281. The van der Waals surface area contributed by atoms with Crippen LogP contribution in [-0.4, -0.2) is 43.6 Å². The van der Waals surface area contributed by atoms with Gasteiger partial charge in [0.25, 0.3) is 0 Å². The highest BCUT2D eigenvalue weighted by molar-refractivity contribution is 5.76. The molecule has 1 N–H and O–H groups in total. The zero-order chi connectivity index (χ0) is 18.7. The van der Waals surface area contributed by atoms with E-state index in [1.54, 1.807) is 11.5 Å². The van der Waals surface area contributed by atoms with Gasteiger partial charge in [-0.3, -0.25) is 14.5 Å². The van der Waals surface area contributed by atoms with Gasteiger partial charge in [0, 0.05) is 49.1 Å². The molecule has 0 saturated carbocycles. The first-order chi connectivity index (χ1) is 12.5. The van der Waals surface area contributed by atoms with Gasteiger partial charge in [-0.1, -0.05) is 6.92 Å². The number of likely N-dealkylation sites (tertiary alicyclic amines) is 1. The van der Waals surface area contributed by atoms with Gasteiger partial charge in [0.2, 0.25) is 5.91 Å². The van der Waals surface area contributed by atoms with Gasteiger partial charge >= 0.3 is 5.69 Å². The number of H-pyrrole nitrogens is 1. The lowest BCUT2D eigenvalue weighted by Crippen LogP contribution is -2.40. The van der Waals surface area contributed by atoms with Crippen LogP contribution in [0.5, 0.6) is 0 Å². The van der Waals surface area contributed by atoms with Crippen molar-refractivity contribution in [3.8, 4) is 0 Å². The highest BCUT2D eigenvalue weighted by Gasteiger charge is 2.27. The lowest BCUT2D eigenvalue weighted by atomic mass is 9.92. The fourth-order valence-corrected chi connectivity index (χ4v) is 3.81. The molecule has 0 aromatic carbocycles. The van der Waals surface area contributed by atoms with Gasteiger partial charge in [-0.25, -0.2) is 4.79 Å². The van der Waals surface area contributed by atoms with E-state index in [1.807, 2.05) is 24.1 Å². The van der Waals surface area contributed by atoms with E-state index < -0.39 is 0 Å². The zero-order valence-corrected chi connectivity index (χ0v) is 15.8. The Morgan fingerprint density at radius 2 is 2.19 bits per heavy atom. The normalized spacial score (nSPS) is 17.5. The van der Waals surface area contributed by atoms with Crippen molar-refractivity contribution in [2.45, 2.75) is 58.9 Å². The number of amides is 1. The number of carbonyl (C=O) groups is 1. The molecule has 0 aliphatic carbocycles. The first-order valence-corrected chi connectivity index (χ1v) is 9.34. The van der Waals surface area contributed by atoms with Crippen molar-refractivity contribution in [2.24, 2.45) is 0 Å². The van der Waals surface area contributed by atoms with Crippen LogP contribution < -0.4 is 5.69 Å². The van der Waals surface area contributed by atoms with Crippen LogP contribution in [-0.2, 0) is 17.8 Å². The number of piperidine rings is 1. The van der Waals surface area contributed by atoms with Crippen LogP contribution in [0, 0.1) is 13.8 Å². The predicted octanol–water partition coefficient (Wildman–Crippen LogP) is 1.94. The molecular weight excluding hydrogens is 330 g/mol. The molecule has 0 radical (unpaired) electrons. The van der Waals surface area contributed by atoms with Gasteiger partial charge in [-0.05, 0) is 44.7 Å². The number of aromatic nitrogens is 4. The van der Waals surface area contributed by atoms with Gasteiger partial charge in [-0.2, -0.15) is 10.1 Å². The van der Waals surface area contributed by atoms with E-state index in [2.05, 4.69) is 22.1 Å². The Kier molecular flexibility index (Phi) is 5.54. The number of hydrogen-bond donors (Lipinski definition) is 1. The summed E-state index contributed by atoms with van der Waals surface area (Å²) in [6, 6.07) is 1.87. The summed E-state index contributed by atoms with van der Waals surface area (Å²) in [6.45, 7) is 7.68. The van der Waals surface area contributed by atoms with E-state index in [0.717, 1.165) is 31.5 Å². The third-order valence-electron chi connectivity index (χ3n) is 5.21. The minimum Gasteiger partial charge on any atom is -0.342 e. The van der Waals surface area contributed by atoms with Crippen LogP contribution >= 0.6 is 0 Å². The Labute approximate surface area is 153 Å². The largest absolute Gasteiger partial charge is 0.347 e. The maximum atomic E-state index is 12.7. The average molecular weight is 357 g/mol. The van der Waals surface area contributed by atoms with E-state index in [1.165, 1.54) is 11.3 Å². The number of hydrogen-bond acceptors (Lipinski definition) is 4. The summed E-state index contributed by atoms with van der Waals surface area (Å²) < 4.78 is 1.58. The highest BCUT2D eigenvalue weighted by Crippen LogP contribution is 2.28. The molecule has 0 spiro atoms. The molecule has 7 heteroatoms. The van der Waals surface area contributed by atoms with Gasteiger partial charge in [0.15, 0.2) is 0 Å². The molecule has 3 heterocycles. The van der Waals surface area contributed by atoms with Crippen LogP contribution in [0.2, 0.25) is 0 Å². The fourth-order valence-electron chi connectivity index (χ4n) is 3.81. The topological polar surface area (TPSA) is 83.9 Å². The smallest absolute Gasteiger partial charge is 0.342 e.